The molecule has 0 aliphatic carbocycles. The number of ether oxygens (including phenoxy) is 2. The predicted molar refractivity (Wildman–Crippen MR) is 151 cm³/mol. The van der Waals surface area contributed by atoms with Gasteiger partial charge in [0.05, 0.1) is 35.4 Å². The standard InChI is InChI=1S/C28H38N4O8S/c1-17-24(41-16-30-17)19-7-5-18(6-8-19)12-29-26(37)21-11-20(33)13-32(21)27(38)25(28(2,3)4)31-22(34)14-39-9-10-40-15-23(35)36/h5-8,16,20-21,25,33H,9-15H2,1-4H3,(H,29,37)(H,31,34)(H,35,36). The summed E-state index contributed by atoms with van der Waals surface area (Å²) < 4.78 is 10.1. The van der Waals surface area contributed by atoms with Gasteiger partial charge in [-0.2, -0.15) is 0 Å². The highest BCUT2D eigenvalue weighted by Crippen LogP contribution is 2.28. The molecule has 3 amide bonds. The highest BCUT2D eigenvalue weighted by Gasteiger charge is 2.44. The van der Waals surface area contributed by atoms with Gasteiger partial charge in [-0.3, -0.25) is 14.4 Å². The molecule has 1 aliphatic rings. The first kappa shape index (κ1) is 32.1. The molecule has 0 bridgehead atoms. The maximum Gasteiger partial charge on any atom is 0.329 e. The summed E-state index contributed by atoms with van der Waals surface area (Å²) >= 11 is 1.56. The normalized spacial score (nSPS) is 17.7. The fourth-order valence-corrected chi connectivity index (χ4v) is 5.24. The minimum Gasteiger partial charge on any atom is -0.480 e. The Labute approximate surface area is 243 Å². The Morgan fingerprint density at radius 1 is 1.12 bits per heavy atom. The number of carboxylic acid groups (broad SMARTS) is 1. The monoisotopic (exact) mass is 590 g/mol. The van der Waals surface area contributed by atoms with Crippen LogP contribution in [0.25, 0.3) is 10.4 Å². The zero-order chi connectivity index (χ0) is 30.2. The number of aliphatic hydroxyl groups is 1. The fourth-order valence-electron chi connectivity index (χ4n) is 4.43. The second-order valence-electron chi connectivity index (χ2n) is 10.9. The molecule has 12 nitrogen and oxygen atoms in total. The Bertz CT molecular complexity index is 1210. The lowest BCUT2D eigenvalue weighted by Gasteiger charge is -2.35. The first-order valence-electron chi connectivity index (χ1n) is 13.3. The molecule has 1 fully saturated rings. The number of nitrogens with one attached hydrogen (secondary N) is 2. The number of likely N-dealkylation sites (tertiary alicyclic amines) is 1. The molecule has 13 heteroatoms. The molecule has 1 saturated heterocycles. The van der Waals surface area contributed by atoms with E-state index >= 15 is 0 Å². The highest BCUT2D eigenvalue weighted by molar-refractivity contribution is 7.13. The lowest BCUT2D eigenvalue weighted by molar-refractivity contribution is -0.145. The third kappa shape index (κ3) is 9.32. The SMILES string of the molecule is Cc1ncsc1-c1ccc(CNC(=O)C2CC(O)CN2C(=O)C(NC(=O)COCCOCC(=O)O)C(C)(C)C)cc1. The van der Waals surface area contributed by atoms with Gasteiger partial charge in [0.25, 0.3) is 0 Å². The van der Waals surface area contributed by atoms with E-state index < -0.39 is 48.0 Å². The van der Waals surface area contributed by atoms with E-state index in [1.165, 1.54) is 4.90 Å². The predicted octanol–water partition coefficient (Wildman–Crippen LogP) is 1.35. The summed E-state index contributed by atoms with van der Waals surface area (Å²) in [5, 5.41) is 24.5. The molecule has 0 saturated carbocycles. The van der Waals surface area contributed by atoms with Crippen molar-refractivity contribution in [2.75, 3.05) is 33.0 Å². The van der Waals surface area contributed by atoms with Gasteiger partial charge in [-0.1, -0.05) is 45.0 Å². The van der Waals surface area contributed by atoms with Crippen LogP contribution in [0.5, 0.6) is 0 Å². The van der Waals surface area contributed by atoms with Gasteiger partial charge >= 0.3 is 5.97 Å². The van der Waals surface area contributed by atoms with Crippen molar-refractivity contribution in [3.8, 4) is 10.4 Å². The van der Waals surface area contributed by atoms with E-state index in [0.717, 1.165) is 21.7 Å². The third-order valence-corrected chi connectivity index (χ3v) is 7.52. The van der Waals surface area contributed by atoms with Gasteiger partial charge < -0.3 is 35.2 Å². The van der Waals surface area contributed by atoms with Crippen molar-refractivity contribution in [1.82, 2.24) is 20.5 Å². The van der Waals surface area contributed by atoms with E-state index in [4.69, 9.17) is 14.6 Å². The number of hydrogen-bond donors (Lipinski definition) is 4. The average Bonchev–Trinajstić information content (AvgIpc) is 3.52. The minimum atomic E-state index is -1.11. The number of carbonyl (C=O) groups excluding carboxylic acids is 3. The van der Waals surface area contributed by atoms with E-state index in [0.29, 0.717) is 0 Å². The van der Waals surface area contributed by atoms with Crippen molar-refractivity contribution in [2.24, 2.45) is 5.41 Å². The first-order chi connectivity index (χ1) is 19.4. The van der Waals surface area contributed by atoms with Crippen molar-refractivity contribution >= 4 is 35.0 Å². The molecule has 2 heterocycles. The lowest BCUT2D eigenvalue weighted by Crippen LogP contribution is -2.58. The number of nitrogens with zero attached hydrogens (tertiary/aromatic N) is 2. The van der Waals surface area contributed by atoms with Crippen LogP contribution < -0.4 is 10.6 Å². The second-order valence-corrected chi connectivity index (χ2v) is 11.8. The molecule has 2 aromatic rings. The molecule has 4 N–H and O–H groups in total. The van der Waals surface area contributed by atoms with Crippen LogP contribution >= 0.6 is 11.3 Å². The van der Waals surface area contributed by atoms with Crippen LogP contribution in [-0.4, -0.2) is 94.9 Å². The number of benzene rings is 1. The number of aliphatic carboxylic acids is 1. The van der Waals surface area contributed by atoms with E-state index in [-0.39, 0.29) is 45.2 Å². The van der Waals surface area contributed by atoms with Crippen molar-refractivity contribution in [3.63, 3.8) is 0 Å². The molecule has 0 spiro atoms. The minimum absolute atomic E-state index is 0.000400. The Morgan fingerprint density at radius 2 is 1.78 bits per heavy atom. The van der Waals surface area contributed by atoms with Crippen LogP contribution in [0.15, 0.2) is 29.8 Å². The summed E-state index contributed by atoms with van der Waals surface area (Å²) in [6.07, 6.45) is -0.784. The quantitative estimate of drug-likeness (QED) is 0.252. The van der Waals surface area contributed by atoms with Crippen molar-refractivity contribution in [1.29, 1.82) is 0 Å². The average molecular weight is 591 g/mol. The molecule has 1 aliphatic heterocycles. The van der Waals surface area contributed by atoms with Crippen LogP contribution in [0.1, 0.15) is 38.4 Å². The molecular weight excluding hydrogens is 552 g/mol. The summed E-state index contributed by atoms with van der Waals surface area (Å²) in [6.45, 7) is 6.72. The van der Waals surface area contributed by atoms with Gasteiger partial charge in [0.15, 0.2) is 0 Å². The third-order valence-electron chi connectivity index (χ3n) is 6.54. The van der Waals surface area contributed by atoms with E-state index in [1.54, 1.807) is 37.6 Å². The molecule has 1 aromatic carbocycles. The van der Waals surface area contributed by atoms with Crippen LogP contribution in [0, 0.1) is 12.3 Å². The Morgan fingerprint density at radius 3 is 2.37 bits per heavy atom. The molecule has 0 radical (unpaired) electrons. The van der Waals surface area contributed by atoms with Gasteiger partial charge in [0, 0.05) is 19.5 Å². The van der Waals surface area contributed by atoms with Crippen LogP contribution in [0.2, 0.25) is 0 Å². The first-order valence-corrected chi connectivity index (χ1v) is 14.2. The van der Waals surface area contributed by atoms with Crippen LogP contribution in [0.4, 0.5) is 0 Å². The number of carboxylic acids is 1. The number of hydrogen-bond acceptors (Lipinski definition) is 9. The molecular formula is C28H38N4O8S. The van der Waals surface area contributed by atoms with Gasteiger partial charge in [0.1, 0.15) is 25.3 Å². The molecule has 3 rings (SSSR count). The molecule has 3 unspecified atom stereocenters. The molecule has 3 atom stereocenters. The maximum atomic E-state index is 13.6. The summed E-state index contributed by atoms with van der Waals surface area (Å²) in [7, 11) is 0. The summed E-state index contributed by atoms with van der Waals surface area (Å²) in [6, 6.07) is 5.92. The zero-order valence-electron chi connectivity index (χ0n) is 23.7. The van der Waals surface area contributed by atoms with E-state index in [9.17, 15) is 24.3 Å². The number of rotatable bonds is 13. The number of β-amino-alcohol motifs (C(OH)–C–C–N with tert-alkyl or cyclic N) is 1. The maximum absolute atomic E-state index is 13.6. The molecule has 41 heavy (non-hydrogen) atoms. The number of aromatic nitrogens is 1. The number of thiazole rings is 1. The van der Waals surface area contributed by atoms with Gasteiger partial charge in [-0.05, 0) is 23.5 Å². The van der Waals surface area contributed by atoms with Gasteiger partial charge in [-0.15, -0.1) is 11.3 Å². The van der Waals surface area contributed by atoms with Crippen molar-refractivity contribution in [3.05, 3.63) is 41.0 Å². The van der Waals surface area contributed by atoms with Gasteiger partial charge in [0.2, 0.25) is 17.7 Å². The zero-order valence-corrected chi connectivity index (χ0v) is 24.5. The number of carbonyl (C=O) groups is 4. The summed E-state index contributed by atoms with van der Waals surface area (Å²) in [5.41, 5.74) is 3.98. The van der Waals surface area contributed by atoms with E-state index in [2.05, 4.69) is 15.6 Å². The Kier molecular flexibility index (Phi) is 11.4. The van der Waals surface area contributed by atoms with Crippen molar-refractivity contribution in [2.45, 2.75) is 58.8 Å². The van der Waals surface area contributed by atoms with Crippen molar-refractivity contribution < 1.29 is 38.9 Å². The lowest BCUT2D eigenvalue weighted by atomic mass is 9.85. The largest absolute Gasteiger partial charge is 0.480 e. The molecule has 1 aromatic heterocycles. The Balaban J connectivity index is 1.58. The Hall–Kier alpha value is -3.39. The number of aliphatic hydroxyl groups excluding tert-OH is 1. The summed E-state index contributed by atoms with van der Waals surface area (Å²) in [5.74, 6) is -2.52. The highest BCUT2D eigenvalue weighted by atomic mass is 32.1. The molecule has 224 valence electrons. The van der Waals surface area contributed by atoms with Crippen LogP contribution in [0.3, 0.4) is 0 Å². The number of amides is 3. The van der Waals surface area contributed by atoms with Crippen LogP contribution in [-0.2, 0) is 35.2 Å². The number of aryl methyl sites for hydroxylation is 1. The summed E-state index contributed by atoms with van der Waals surface area (Å²) in [4.78, 5) is 56.5. The van der Waals surface area contributed by atoms with E-state index in [1.807, 2.05) is 31.2 Å². The smallest absolute Gasteiger partial charge is 0.329 e. The van der Waals surface area contributed by atoms with Gasteiger partial charge in [-0.25, -0.2) is 9.78 Å². The topological polar surface area (TPSA) is 167 Å². The fraction of sp³-hybridized carbons (Fsp3) is 0.536. The second kappa shape index (κ2) is 14.5.